The summed E-state index contributed by atoms with van der Waals surface area (Å²) in [6.07, 6.45) is 1.66. The fourth-order valence-corrected chi connectivity index (χ4v) is 3.44. The molecule has 3 rings (SSSR count). The molecule has 1 unspecified atom stereocenters. The second-order valence-electron chi connectivity index (χ2n) is 6.44. The van der Waals surface area contributed by atoms with Crippen LogP contribution in [-0.2, 0) is 12.8 Å². The van der Waals surface area contributed by atoms with Gasteiger partial charge in [0.2, 0.25) is 0 Å². The first-order chi connectivity index (χ1) is 11.6. The van der Waals surface area contributed by atoms with Crippen molar-refractivity contribution in [2.45, 2.75) is 44.4 Å². The molecule has 24 heavy (non-hydrogen) atoms. The van der Waals surface area contributed by atoms with Gasteiger partial charge in [0, 0.05) is 24.1 Å². The third-order valence-electron chi connectivity index (χ3n) is 4.70. The summed E-state index contributed by atoms with van der Waals surface area (Å²) in [5.41, 5.74) is 3.27. The highest BCUT2D eigenvalue weighted by atomic mass is 16.6. The number of fused-ring (bicyclic) bond motifs is 1. The Bertz CT molecular complexity index is 732. The number of hydrogen-bond acceptors (Lipinski definition) is 4. The smallest absolute Gasteiger partial charge is 0.272 e. The summed E-state index contributed by atoms with van der Waals surface area (Å²) >= 11 is 0. The van der Waals surface area contributed by atoms with Crippen molar-refractivity contribution in [2.75, 3.05) is 0 Å². The van der Waals surface area contributed by atoms with E-state index in [9.17, 15) is 15.2 Å². The minimum Gasteiger partial charge on any atom is -0.391 e. The molecular formula is C19H22N2O3. The molecular weight excluding hydrogens is 304 g/mol. The quantitative estimate of drug-likeness (QED) is 0.631. The second-order valence-corrected chi connectivity index (χ2v) is 6.44. The Balaban J connectivity index is 1.63. The molecule has 0 saturated carbocycles. The number of rotatable bonds is 6. The average molecular weight is 326 g/mol. The van der Waals surface area contributed by atoms with Gasteiger partial charge in [0.25, 0.3) is 5.69 Å². The van der Waals surface area contributed by atoms with E-state index in [1.54, 1.807) is 12.1 Å². The molecule has 0 heterocycles. The molecule has 0 fully saturated rings. The Labute approximate surface area is 141 Å². The van der Waals surface area contributed by atoms with Crippen LogP contribution in [0.4, 0.5) is 5.69 Å². The summed E-state index contributed by atoms with van der Waals surface area (Å²) in [4.78, 5) is 10.8. The molecule has 2 aromatic rings. The molecule has 2 N–H and O–H groups in total. The number of benzene rings is 2. The van der Waals surface area contributed by atoms with E-state index in [4.69, 9.17) is 0 Å². The largest absolute Gasteiger partial charge is 0.391 e. The van der Waals surface area contributed by atoms with Gasteiger partial charge in [-0.05, 0) is 30.9 Å². The first-order valence-corrected chi connectivity index (χ1v) is 8.30. The maximum atomic E-state index is 11.1. The van der Waals surface area contributed by atoms with E-state index in [-0.39, 0.29) is 22.7 Å². The Morgan fingerprint density at radius 2 is 1.96 bits per heavy atom. The van der Waals surface area contributed by atoms with Crippen molar-refractivity contribution in [1.29, 1.82) is 0 Å². The summed E-state index contributed by atoms with van der Waals surface area (Å²) in [7, 11) is 0. The normalized spacial score (nSPS) is 20.6. The van der Waals surface area contributed by atoms with Crippen molar-refractivity contribution in [3.8, 4) is 0 Å². The number of aliphatic hydroxyl groups is 1. The summed E-state index contributed by atoms with van der Waals surface area (Å²) in [5.74, 6) is 0. The van der Waals surface area contributed by atoms with Crippen LogP contribution in [0.5, 0.6) is 0 Å². The van der Waals surface area contributed by atoms with E-state index in [1.807, 2.05) is 24.3 Å². The van der Waals surface area contributed by atoms with Gasteiger partial charge < -0.3 is 10.4 Å². The van der Waals surface area contributed by atoms with Crippen LogP contribution >= 0.6 is 0 Å². The molecule has 2 aromatic carbocycles. The van der Waals surface area contributed by atoms with Crippen molar-refractivity contribution in [1.82, 2.24) is 5.32 Å². The fraction of sp³-hybridized carbons (Fsp3) is 0.368. The molecule has 0 radical (unpaired) electrons. The van der Waals surface area contributed by atoms with Crippen LogP contribution in [0.3, 0.4) is 0 Å². The van der Waals surface area contributed by atoms with Crippen LogP contribution in [0, 0.1) is 10.1 Å². The predicted molar refractivity (Wildman–Crippen MR) is 92.9 cm³/mol. The maximum absolute atomic E-state index is 11.1. The van der Waals surface area contributed by atoms with Crippen LogP contribution in [0.15, 0.2) is 48.5 Å². The first kappa shape index (κ1) is 16.6. The SMILES string of the molecule is CC(CCc1ccccc1[N+](=O)[O-])N[C@@H]1c2ccccc2C[C@@H]1O. The molecule has 0 amide bonds. The van der Waals surface area contributed by atoms with E-state index in [0.29, 0.717) is 12.8 Å². The minimum atomic E-state index is -0.420. The molecule has 5 nitrogen and oxygen atoms in total. The number of nitro benzene ring substituents is 1. The highest BCUT2D eigenvalue weighted by molar-refractivity contribution is 5.40. The molecule has 126 valence electrons. The standard InChI is InChI=1S/C19H22N2O3/c1-13(10-11-14-6-3-5-9-17(14)21(23)24)20-19-16-8-4-2-7-15(16)12-18(19)22/h2-9,13,18-20,22H,10-12H2,1H3/t13?,18-,19+/m0/s1. The molecule has 1 aliphatic rings. The maximum Gasteiger partial charge on any atom is 0.272 e. The van der Waals surface area contributed by atoms with Gasteiger partial charge in [-0.3, -0.25) is 10.1 Å². The lowest BCUT2D eigenvalue weighted by Gasteiger charge is -2.23. The van der Waals surface area contributed by atoms with Crippen LogP contribution in [-0.4, -0.2) is 22.2 Å². The van der Waals surface area contributed by atoms with Gasteiger partial charge in [-0.1, -0.05) is 42.5 Å². The van der Waals surface area contributed by atoms with Crippen LogP contribution in [0.25, 0.3) is 0 Å². The third kappa shape index (κ3) is 3.47. The highest BCUT2D eigenvalue weighted by Gasteiger charge is 2.31. The number of nitrogens with one attached hydrogen (secondary N) is 1. The number of para-hydroxylation sites is 1. The number of nitro groups is 1. The lowest BCUT2D eigenvalue weighted by atomic mass is 10.0. The van der Waals surface area contributed by atoms with Crippen molar-refractivity contribution in [3.63, 3.8) is 0 Å². The van der Waals surface area contributed by atoms with Crippen molar-refractivity contribution in [3.05, 3.63) is 75.3 Å². The first-order valence-electron chi connectivity index (χ1n) is 8.30. The van der Waals surface area contributed by atoms with Gasteiger partial charge in [0.15, 0.2) is 0 Å². The summed E-state index contributed by atoms with van der Waals surface area (Å²) in [6.45, 7) is 2.06. The molecule has 1 aliphatic carbocycles. The average Bonchev–Trinajstić information content (AvgIpc) is 2.89. The lowest BCUT2D eigenvalue weighted by molar-refractivity contribution is -0.385. The molecule has 0 aliphatic heterocycles. The Morgan fingerprint density at radius 1 is 1.25 bits per heavy atom. The fourth-order valence-electron chi connectivity index (χ4n) is 3.44. The summed E-state index contributed by atoms with van der Waals surface area (Å²) in [6, 6.07) is 15.0. The zero-order chi connectivity index (χ0) is 17.1. The molecule has 5 heteroatoms. The molecule has 0 spiro atoms. The second kappa shape index (κ2) is 7.11. The number of hydrogen-bond donors (Lipinski definition) is 2. The Kier molecular flexibility index (Phi) is 4.92. The van der Waals surface area contributed by atoms with Gasteiger partial charge in [0.1, 0.15) is 0 Å². The van der Waals surface area contributed by atoms with Gasteiger partial charge in [-0.25, -0.2) is 0 Å². The Morgan fingerprint density at radius 3 is 2.75 bits per heavy atom. The molecule has 0 bridgehead atoms. The molecule has 0 saturated heterocycles. The van der Waals surface area contributed by atoms with Crippen LogP contribution in [0.2, 0.25) is 0 Å². The van der Waals surface area contributed by atoms with Gasteiger partial charge in [0.05, 0.1) is 17.1 Å². The van der Waals surface area contributed by atoms with E-state index in [2.05, 4.69) is 24.4 Å². The summed E-state index contributed by atoms with van der Waals surface area (Å²) < 4.78 is 0. The summed E-state index contributed by atoms with van der Waals surface area (Å²) in [5, 5.41) is 24.9. The predicted octanol–water partition coefficient (Wildman–Crippen LogP) is 3.16. The van der Waals surface area contributed by atoms with Gasteiger partial charge >= 0.3 is 0 Å². The molecule has 3 atom stereocenters. The van der Waals surface area contributed by atoms with Crippen molar-refractivity contribution < 1.29 is 10.0 Å². The van der Waals surface area contributed by atoms with Gasteiger partial charge in [-0.15, -0.1) is 0 Å². The van der Waals surface area contributed by atoms with Crippen molar-refractivity contribution >= 4 is 5.69 Å². The third-order valence-corrected chi connectivity index (χ3v) is 4.70. The highest BCUT2D eigenvalue weighted by Crippen LogP contribution is 2.32. The zero-order valence-corrected chi connectivity index (χ0v) is 13.7. The van der Waals surface area contributed by atoms with Crippen molar-refractivity contribution in [2.24, 2.45) is 0 Å². The van der Waals surface area contributed by atoms with Crippen LogP contribution in [0.1, 0.15) is 36.1 Å². The number of aryl methyl sites for hydroxylation is 1. The monoisotopic (exact) mass is 326 g/mol. The topological polar surface area (TPSA) is 75.4 Å². The van der Waals surface area contributed by atoms with E-state index < -0.39 is 6.10 Å². The zero-order valence-electron chi connectivity index (χ0n) is 13.7. The van der Waals surface area contributed by atoms with E-state index in [1.165, 1.54) is 5.56 Å². The Hall–Kier alpha value is -2.24. The van der Waals surface area contributed by atoms with E-state index in [0.717, 1.165) is 17.5 Å². The lowest BCUT2D eigenvalue weighted by Crippen LogP contribution is -2.35. The van der Waals surface area contributed by atoms with E-state index >= 15 is 0 Å². The molecule has 0 aromatic heterocycles. The minimum absolute atomic E-state index is 0.0676. The number of aliphatic hydroxyl groups excluding tert-OH is 1. The van der Waals surface area contributed by atoms with Crippen LogP contribution < -0.4 is 5.32 Å². The van der Waals surface area contributed by atoms with Gasteiger partial charge in [-0.2, -0.15) is 0 Å². The number of nitrogens with zero attached hydrogens (tertiary/aromatic N) is 1.